The fourth-order valence-corrected chi connectivity index (χ4v) is 1.06. The minimum absolute atomic E-state index is 0.0963. The van der Waals surface area contributed by atoms with Crippen LogP contribution in [0.4, 0.5) is 4.39 Å². The molecular formula is C11H10ClFN2O. The maximum atomic E-state index is 12.9. The average Bonchev–Trinajstić information content (AvgIpc) is 2.22. The van der Waals surface area contributed by atoms with Gasteiger partial charge in [-0.15, -0.1) is 0 Å². The average molecular weight is 241 g/mol. The maximum Gasteiger partial charge on any atom is 0.216 e. The summed E-state index contributed by atoms with van der Waals surface area (Å²) in [4.78, 5) is 14.1. The number of nitrogens with zero attached hydrogens (tertiary/aromatic N) is 1. The monoisotopic (exact) mass is 240 g/mol. The first kappa shape index (κ1) is 12.5. The van der Waals surface area contributed by atoms with Gasteiger partial charge in [-0.3, -0.25) is 4.79 Å². The third-order valence-electron chi connectivity index (χ3n) is 1.65. The normalized spacial score (nSPS) is 9.19. The molecule has 1 heterocycles. The predicted octanol–water partition coefficient (Wildman–Crippen LogP) is 1.75. The van der Waals surface area contributed by atoms with E-state index in [1.807, 2.05) is 0 Å². The summed E-state index contributed by atoms with van der Waals surface area (Å²) >= 11 is 5.42. The van der Waals surface area contributed by atoms with Crippen LogP contribution >= 0.6 is 11.6 Å². The number of amides is 1. The quantitative estimate of drug-likeness (QED) is 0.486. The molecule has 0 unspecified atom stereocenters. The SMILES string of the molecule is CC(=O)NCCC#Cc1cnc(Cl)c(F)c1. The van der Waals surface area contributed by atoms with Gasteiger partial charge in [0.15, 0.2) is 11.0 Å². The first-order valence-corrected chi connectivity index (χ1v) is 5.01. The lowest BCUT2D eigenvalue weighted by Crippen LogP contribution is -2.20. The van der Waals surface area contributed by atoms with Crippen LogP contribution in [-0.4, -0.2) is 17.4 Å². The zero-order valence-electron chi connectivity index (χ0n) is 8.68. The summed E-state index contributed by atoms with van der Waals surface area (Å²) < 4.78 is 12.9. The van der Waals surface area contributed by atoms with E-state index in [4.69, 9.17) is 11.6 Å². The molecule has 0 atom stereocenters. The summed E-state index contributed by atoms with van der Waals surface area (Å²) in [5, 5.41) is 2.44. The van der Waals surface area contributed by atoms with Gasteiger partial charge in [0, 0.05) is 31.6 Å². The second kappa shape index (κ2) is 6.09. The van der Waals surface area contributed by atoms with Gasteiger partial charge < -0.3 is 5.32 Å². The number of hydrogen-bond acceptors (Lipinski definition) is 2. The van der Waals surface area contributed by atoms with E-state index in [1.54, 1.807) is 0 Å². The van der Waals surface area contributed by atoms with Gasteiger partial charge in [-0.1, -0.05) is 23.4 Å². The molecule has 0 aliphatic rings. The van der Waals surface area contributed by atoms with E-state index in [0.717, 1.165) is 0 Å². The zero-order valence-corrected chi connectivity index (χ0v) is 9.44. The van der Waals surface area contributed by atoms with Crippen LogP contribution in [0.15, 0.2) is 12.3 Å². The Bertz CT molecular complexity index is 451. The van der Waals surface area contributed by atoms with Gasteiger partial charge in [0.1, 0.15) is 0 Å². The van der Waals surface area contributed by atoms with Crippen molar-refractivity contribution in [1.29, 1.82) is 0 Å². The van der Waals surface area contributed by atoms with Gasteiger partial charge in [0.2, 0.25) is 5.91 Å². The molecular weight excluding hydrogens is 231 g/mol. The molecule has 1 rings (SSSR count). The van der Waals surface area contributed by atoms with Crippen LogP contribution in [0.2, 0.25) is 5.15 Å². The molecule has 0 radical (unpaired) electrons. The number of pyridine rings is 1. The van der Waals surface area contributed by atoms with Crippen LogP contribution in [0, 0.1) is 17.7 Å². The summed E-state index contributed by atoms with van der Waals surface area (Å²) in [5.41, 5.74) is 0.463. The van der Waals surface area contributed by atoms with Crippen molar-refractivity contribution in [2.75, 3.05) is 6.54 Å². The first-order valence-electron chi connectivity index (χ1n) is 4.64. The van der Waals surface area contributed by atoms with Crippen LogP contribution in [0.3, 0.4) is 0 Å². The van der Waals surface area contributed by atoms with Crippen molar-refractivity contribution in [3.05, 3.63) is 28.8 Å². The molecule has 3 nitrogen and oxygen atoms in total. The Morgan fingerprint density at radius 2 is 2.44 bits per heavy atom. The van der Waals surface area contributed by atoms with Gasteiger partial charge in [-0.05, 0) is 6.07 Å². The summed E-state index contributed by atoms with van der Waals surface area (Å²) in [6, 6.07) is 1.22. The molecule has 1 aromatic heterocycles. The van der Waals surface area contributed by atoms with E-state index in [9.17, 15) is 9.18 Å². The highest BCUT2D eigenvalue weighted by Gasteiger charge is 1.99. The molecule has 0 aromatic carbocycles. The fourth-order valence-electron chi connectivity index (χ4n) is 0.955. The first-order chi connectivity index (χ1) is 7.59. The number of hydrogen-bond donors (Lipinski definition) is 1. The molecule has 16 heavy (non-hydrogen) atoms. The second-order valence-electron chi connectivity index (χ2n) is 3.03. The molecule has 0 aliphatic carbocycles. The Balaban J connectivity index is 2.50. The molecule has 84 valence electrons. The van der Waals surface area contributed by atoms with E-state index in [2.05, 4.69) is 22.1 Å². The van der Waals surface area contributed by atoms with Gasteiger partial charge in [-0.25, -0.2) is 9.37 Å². The number of carbonyl (C=O) groups is 1. The Kier molecular flexibility index (Phi) is 4.74. The van der Waals surface area contributed by atoms with Crippen molar-refractivity contribution in [1.82, 2.24) is 10.3 Å². The van der Waals surface area contributed by atoms with Crippen LogP contribution in [0.25, 0.3) is 0 Å². The minimum atomic E-state index is -0.588. The van der Waals surface area contributed by atoms with Crippen molar-refractivity contribution < 1.29 is 9.18 Å². The standard InChI is InChI=1S/C11H10ClFN2O/c1-8(16)14-5-3-2-4-9-6-10(13)11(12)15-7-9/h6-7H,3,5H2,1H3,(H,14,16). The summed E-state index contributed by atoms with van der Waals surface area (Å²) in [7, 11) is 0. The largest absolute Gasteiger partial charge is 0.355 e. The van der Waals surface area contributed by atoms with E-state index in [0.29, 0.717) is 18.5 Å². The van der Waals surface area contributed by atoms with Crippen molar-refractivity contribution in [3.63, 3.8) is 0 Å². The van der Waals surface area contributed by atoms with E-state index in [1.165, 1.54) is 19.2 Å². The number of aromatic nitrogens is 1. The van der Waals surface area contributed by atoms with Gasteiger partial charge in [-0.2, -0.15) is 0 Å². The number of rotatable bonds is 2. The summed E-state index contributed by atoms with van der Waals surface area (Å²) in [6.07, 6.45) is 1.90. The van der Waals surface area contributed by atoms with Gasteiger partial charge >= 0.3 is 0 Å². The topological polar surface area (TPSA) is 42.0 Å². The van der Waals surface area contributed by atoms with Crippen molar-refractivity contribution in [2.24, 2.45) is 0 Å². The lowest BCUT2D eigenvalue weighted by atomic mass is 10.2. The molecule has 0 bridgehead atoms. The lowest BCUT2D eigenvalue weighted by molar-refractivity contribution is -0.118. The van der Waals surface area contributed by atoms with Gasteiger partial charge in [0.25, 0.3) is 0 Å². The Labute approximate surface area is 98.0 Å². The Hall–Kier alpha value is -1.60. The molecule has 1 amide bonds. The van der Waals surface area contributed by atoms with Gasteiger partial charge in [0.05, 0.1) is 0 Å². The van der Waals surface area contributed by atoms with Crippen LogP contribution < -0.4 is 5.32 Å². The molecule has 0 aliphatic heterocycles. The van der Waals surface area contributed by atoms with Crippen molar-refractivity contribution in [2.45, 2.75) is 13.3 Å². The van der Waals surface area contributed by atoms with Crippen molar-refractivity contribution >= 4 is 17.5 Å². The zero-order chi connectivity index (χ0) is 12.0. The van der Waals surface area contributed by atoms with E-state index < -0.39 is 5.82 Å². The molecule has 1 N–H and O–H groups in total. The highest BCUT2D eigenvalue weighted by molar-refractivity contribution is 6.29. The third kappa shape index (κ3) is 4.28. The third-order valence-corrected chi connectivity index (χ3v) is 1.93. The summed E-state index contributed by atoms with van der Waals surface area (Å²) in [6.45, 7) is 1.91. The molecule has 0 spiro atoms. The van der Waals surface area contributed by atoms with E-state index >= 15 is 0 Å². The van der Waals surface area contributed by atoms with Crippen molar-refractivity contribution in [3.8, 4) is 11.8 Å². The van der Waals surface area contributed by atoms with Crippen LogP contribution in [-0.2, 0) is 4.79 Å². The predicted molar refractivity (Wildman–Crippen MR) is 59.4 cm³/mol. The lowest BCUT2D eigenvalue weighted by Gasteiger charge is -1.95. The smallest absolute Gasteiger partial charge is 0.216 e. The molecule has 0 saturated heterocycles. The molecule has 0 saturated carbocycles. The van der Waals surface area contributed by atoms with Crippen LogP contribution in [0.1, 0.15) is 18.9 Å². The minimum Gasteiger partial charge on any atom is -0.355 e. The number of carbonyl (C=O) groups excluding carboxylic acids is 1. The summed E-state index contributed by atoms with van der Waals surface area (Å²) in [5.74, 6) is 4.83. The van der Waals surface area contributed by atoms with E-state index in [-0.39, 0.29) is 11.1 Å². The Morgan fingerprint density at radius 1 is 1.69 bits per heavy atom. The van der Waals surface area contributed by atoms with Crippen LogP contribution in [0.5, 0.6) is 0 Å². The number of nitrogens with one attached hydrogen (secondary N) is 1. The molecule has 1 aromatic rings. The number of halogens is 2. The molecule has 0 fully saturated rings. The highest BCUT2D eigenvalue weighted by Crippen LogP contribution is 2.10. The fraction of sp³-hybridized carbons (Fsp3) is 0.273. The second-order valence-corrected chi connectivity index (χ2v) is 3.39. The molecule has 5 heteroatoms. The highest BCUT2D eigenvalue weighted by atomic mass is 35.5. The Morgan fingerprint density at radius 3 is 3.06 bits per heavy atom. The maximum absolute atomic E-state index is 12.9.